The molecule has 1 amide bonds. The molecule has 0 aliphatic heterocycles. The van der Waals surface area contributed by atoms with E-state index in [4.69, 9.17) is 5.73 Å². The van der Waals surface area contributed by atoms with Gasteiger partial charge in [-0.05, 0) is 24.8 Å². The predicted octanol–water partition coefficient (Wildman–Crippen LogP) is 0.907. The third kappa shape index (κ3) is 3.10. The molecule has 1 aliphatic carbocycles. The van der Waals surface area contributed by atoms with E-state index < -0.39 is 5.54 Å². The number of hydrogen-bond donors (Lipinski definition) is 2. The summed E-state index contributed by atoms with van der Waals surface area (Å²) in [4.78, 5) is 12.0. The smallest absolute Gasteiger partial charge is 0.240 e. The Morgan fingerprint density at radius 2 is 2.28 bits per heavy atom. The van der Waals surface area contributed by atoms with Gasteiger partial charge in [-0.15, -0.1) is 0 Å². The van der Waals surface area contributed by atoms with Crippen LogP contribution in [-0.4, -0.2) is 27.8 Å². The van der Waals surface area contributed by atoms with Crippen LogP contribution in [-0.2, 0) is 11.3 Å². The minimum Gasteiger partial charge on any atom is -0.354 e. The Bertz CT molecular complexity index is 382. The molecule has 0 spiro atoms. The zero-order chi connectivity index (χ0) is 13.0. The molecule has 1 atom stereocenters. The van der Waals surface area contributed by atoms with Gasteiger partial charge in [-0.1, -0.05) is 19.8 Å². The number of nitrogens with two attached hydrogens (primary N) is 1. The second-order valence-corrected chi connectivity index (χ2v) is 5.41. The lowest BCUT2D eigenvalue weighted by Gasteiger charge is -2.23. The van der Waals surface area contributed by atoms with E-state index in [9.17, 15) is 4.79 Å². The Labute approximate surface area is 108 Å². The molecule has 0 bridgehead atoms. The van der Waals surface area contributed by atoms with Crippen molar-refractivity contribution < 1.29 is 4.79 Å². The summed E-state index contributed by atoms with van der Waals surface area (Å²) in [5.41, 5.74) is 5.48. The van der Waals surface area contributed by atoms with Crippen molar-refractivity contribution in [3.05, 3.63) is 18.5 Å². The van der Waals surface area contributed by atoms with Gasteiger partial charge in [0.1, 0.15) is 0 Å². The van der Waals surface area contributed by atoms with Crippen LogP contribution in [0.5, 0.6) is 0 Å². The molecule has 0 aromatic carbocycles. The zero-order valence-electron chi connectivity index (χ0n) is 10.9. The Morgan fingerprint density at radius 3 is 2.89 bits per heavy atom. The lowest BCUT2D eigenvalue weighted by molar-refractivity contribution is -0.126. The molecule has 1 heterocycles. The Kier molecular flexibility index (Phi) is 4.01. The molecule has 2 rings (SSSR count). The van der Waals surface area contributed by atoms with Gasteiger partial charge in [0.05, 0.1) is 5.54 Å². The van der Waals surface area contributed by atoms with Crippen molar-refractivity contribution >= 4 is 5.91 Å². The van der Waals surface area contributed by atoms with Crippen molar-refractivity contribution in [2.45, 2.75) is 44.7 Å². The highest BCUT2D eigenvalue weighted by molar-refractivity contribution is 5.86. The van der Waals surface area contributed by atoms with Crippen molar-refractivity contribution in [3.63, 3.8) is 0 Å². The van der Waals surface area contributed by atoms with Crippen molar-refractivity contribution in [1.82, 2.24) is 15.1 Å². The van der Waals surface area contributed by atoms with Crippen molar-refractivity contribution in [1.29, 1.82) is 0 Å². The lowest BCUT2D eigenvalue weighted by Crippen LogP contribution is -2.52. The average molecular weight is 250 g/mol. The second kappa shape index (κ2) is 5.52. The van der Waals surface area contributed by atoms with E-state index in [-0.39, 0.29) is 5.91 Å². The van der Waals surface area contributed by atoms with E-state index in [0.29, 0.717) is 12.5 Å². The molecular weight excluding hydrogens is 228 g/mol. The maximum atomic E-state index is 12.0. The number of aromatic nitrogens is 2. The number of carbonyl (C=O) groups excluding carboxylic acids is 1. The number of amides is 1. The highest BCUT2D eigenvalue weighted by Crippen LogP contribution is 2.27. The summed E-state index contributed by atoms with van der Waals surface area (Å²) in [5, 5.41) is 7.13. The maximum absolute atomic E-state index is 12.0. The number of nitrogens with zero attached hydrogens (tertiary/aromatic N) is 2. The fourth-order valence-electron chi connectivity index (χ4n) is 2.47. The summed E-state index contributed by atoms with van der Waals surface area (Å²) in [5.74, 6) is 0.353. The van der Waals surface area contributed by atoms with E-state index in [2.05, 4.69) is 17.3 Å². The van der Waals surface area contributed by atoms with Crippen LogP contribution in [0, 0.1) is 5.92 Å². The molecular formula is C13H22N4O. The van der Waals surface area contributed by atoms with Gasteiger partial charge in [0.25, 0.3) is 0 Å². The first-order valence-electron chi connectivity index (χ1n) is 6.65. The summed E-state index contributed by atoms with van der Waals surface area (Å²) >= 11 is 0. The van der Waals surface area contributed by atoms with Crippen LogP contribution in [0.25, 0.3) is 0 Å². The van der Waals surface area contributed by atoms with Crippen LogP contribution in [0.1, 0.15) is 32.6 Å². The van der Waals surface area contributed by atoms with Gasteiger partial charge in [0.2, 0.25) is 5.91 Å². The first-order chi connectivity index (χ1) is 8.60. The fraction of sp³-hybridized carbons (Fsp3) is 0.692. The van der Waals surface area contributed by atoms with Crippen LogP contribution >= 0.6 is 0 Å². The van der Waals surface area contributed by atoms with Gasteiger partial charge in [-0.3, -0.25) is 9.48 Å². The summed E-state index contributed by atoms with van der Waals surface area (Å²) < 4.78 is 1.88. The molecule has 0 saturated heterocycles. The summed E-state index contributed by atoms with van der Waals surface area (Å²) in [6.07, 6.45) is 7.44. The molecule has 1 unspecified atom stereocenters. The number of hydrogen-bond acceptors (Lipinski definition) is 3. The number of nitrogens with one attached hydrogen (secondary N) is 1. The van der Waals surface area contributed by atoms with Gasteiger partial charge in [-0.2, -0.15) is 5.10 Å². The quantitative estimate of drug-likeness (QED) is 0.815. The monoisotopic (exact) mass is 250 g/mol. The van der Waals surface area contributed by atoms with E-state index in [0.717, 1.165) is 32.2 Å². The summed E-state index contributed by atoms with van der Waals surface area (Å²) in [6, 6.07) is 1.90. The maximum Gasteiger partial charge on any atom is 0.240 e. The van der Waals surface area contributed by atoms with Gasteiger partial charge in [-0.25, -0.2) is 0 Å². The lowest BCUT2D eigenvalue weighted by atomic mass is 9.98. The van der Waals surface area contributed by atoms with Gasteiger partial charge in [0.15, 0.2) is 0 Å². The molecule has 5 nitrogen and oxygen atoms in total. The molecule has 0 radical (unpaired) electrons. The Hall–Kier alpha value is -1.36. The van der Waals surface area contributed by atoms with E-state index in [1.54, 1.807) is 6.20 Å². The SMILES string of the molecule is CC(CNC(=O)C1(N)CCCC1)Cn1cccn1. The molecule has 1 aliphatic rings. The van der Waals surface area contributed by atoms with Crippen LogP contribution in [0.2, 0.25) is 0 Å². The highest BCUT2D eigenvalue weighted by Gasteiger charge is 2.36. The predicted molar refractivity (Wildman–Crippen MR) is 69.8 cm³/mol. The largest absolute Gasteiger partial charge is 0.354 e. The van der Waals surface area contributed by atoms with Crippen LogP contribution in [0.3, 0.4) is 0 Å². The van der Waals surface area contributed by atoms with Gasteiger partial charge < -0.3 is 11.1 Å². The standard InChI is InChI=1S/C13H22N4O/c1-11(10-17-8-4-7-16-17)9-15-12(18)13(14)5-2-3-6-13/h4,7-8,11H,2-3,5-6,9-10,14H2,1H3,(H,15,18). The molecule has 1 saturated carbocycles. The fourth-order valence-corrected chi connectivity index (χ4v) is 2.47. The summed E-state index contributed by atoms with van der Waals surface area (Å²) in [7, 11) is 0. The average Bonchev–Trinajstić information content (AvgIpc) is 2.98. The van der Waals surface area contributed by atoms with Gasteiger partial charge in [0, 0.05) is 25.5 Å². The third-order valence-electron chi connectivity index (χ3n) is 3.62. The van der Waals surface area contributed by atoms with E-state index >= 15 is 0 Å². The first kappa shape index (κ1) is 13.1. The van der Waals surface area contributed by atoms with Crippen molar-refractivity contribution in [2.75, 3.05) is 6.54 Å². The molecule has 1 aromatic heterocycles. The summed E-state index contributed by atoms with van der Waals surface area (Å²) in [6.45, 7) is 3.56. The van der Waals surface area contributed by atoms with Crippen LogP contribution < -0.4 is 11.1 Å². The molecule has 1 aromatic rings. The highest BCUT2D eigenvalue weighted by atomic mass is 16.2. The van der Waals surface area contributed by atoms with Crippen LogP contribution in [0.4, 0.5) is 0 Å². The molecule has 18 heavy (non-hydrogen) atoms. The number of carbonyl (C=O) groups is 1. The molecule has 3 N–H and O–H groups in total. The minimum absolute atomic E-state index is 0.00677. The van der Waals surface area contributed by atoms with Crippen molar-refractivity contribution in [2.24, 2.45) is 11.7 Å². The zero-order valence-corrected chi connectivity index (χ0v) is 10.9. The molecule has 5 heteroatoms. The Balaban J connectivity index is 1.75. The normalized spacial score (nSPS) is 19.7. The minimum atomic E-state index is -0.620. The van der Waals surface area contributed by atoms with Gasteiger partial charge >= 0.3 is 0 Å². The van der Waals surface area contributed by atoms with E-state index in [1.807, 2.05) is 16.9 Å². The first-order valence-corrected chi connectivity index (χ1v) is 6.65. The molecule has 1 fully saturated rings. The third-order valence-corrected chi connectivity index (χ3v) is 3.62. The molecule has 100 valence electrons. The van der Waals surface area contributed by atoms with Crippen molar-refractivity contribution in [3.8, 4) is 0 Å². The second-order valence-electron chi connectivity index (χ2n) is 5.41. The Morgan fingerprint density at radius 1 is 1.56 bits per heavy atom. The van der Waals surface area contributed by atoms with E-state index in [1.165, 1.54) is 0 Å². The van der Waals surface area contributed by atoms with Crippen LogP contribution in [0.15, 0.2) is 18.5 Å². The number of rotatable bonds is 5. The topological polar surface area (TPSA) is 72.9 Å².